The number of amides is 1. The maximum Gasteiger partial charge on any atom is 0.259 e. The number of hydrogen-bond acceptors (Lipinski definition) is 5. The second-order valence-corrected chi connectivity index (χ2v) is 5.59. The summed E-state index contributed by atoms with van der Waals surface area (Å²) in [5, 5.41) is 0. The molecule has 0 heterocycles. The van der Waals surface area contributed by atoms with Gasteiger partial charge in [-0.25, -0.2) is 5.84 Å². The van der Waals surface area contributed by atoms with E-state index in [0.717, 1.165) is 18.8 Å². The summed E-state index contributed by atoms with van der Waals surface area (Å²) < 4.78 is 10.5. The smallest absolute Gasteiger partial charge is 0.259 e. The molecule has 0 aliphatic carbocycles. The van der Waals surface area contributed by atoms with Crippen LogP contribution in [-0.2, 0) is 14.3 Å². The quantitative estimate of drug-likeness (QED) is 0.134. The van der Waals surface area contributed by atoms with Crippen molar-refractivity contribution < 1.29 is 14.3 Å². The molecule has 126 valence electrons. The fraction of sp³-hybridized carbons (Fsp3) is 0.933. The van der Waals surface area contributed by atoms with Gasteiger partial charge in [0, 0.05) is 6.61 Å². The first-order valence-corrected chi connectivity index (χ1v) is 8.70. The minimum Gasteiger partial charge on any atom is -0.379 e. The fourth-order valence-corrected chi connectivity index (χ4v) is 2.20. The minimum atomic E-state index is -0.319. The maximum absolute atomic E-state index is 10.7. The number of nitrogens with one attached hydrogen (secondary N) is 1. The number of nitrogens with two attached hydrogens (primary N) is 1. The first-order chi connectivity index (χ1) is 10.3. The van der Waals surface area contributed by atoms with Crippen LogP contribution >= 0.6 is 12.6 Å². The van der Waals surface area contributed by atoms with Crippen molar-refractivity contribution in [3.63, 3.8) is 0 Å². The second-order valence-electron chi connectivity index (χ2n) is 5.14. The number of hydrazine groups is 1. The van der Waals surface area contributed by atoms with Gasteiger partial charge in [-0.3, -0.25) is 10.2 Å². The summed E-state index contributed by atoms with van der Waals surface area (Å²) in [4.78, 5) is 10.7. The lowest BCUT2D eigenvalue weighted by Crippen LogP contribution is -2.33. The molecular weight excluding hydrogens is 288 g/mol. The van der Waals surface area contributed by atoms with Crippen LogP contribution < -0.4 is 11.3 Å². The minimum absolute atomic E-state index is 0.00610. The van der Waals surface area contributed by atoms with Gasteiger partial charge < -0.3 is 9.47 Å². The van der Waals surface area contributed by atoms with E-state index in [9.17, 15) is 4.79 Å². The number of hydrogen-bond donors (Lipinski definition) is 3. The van der Waals surface area contributed by atoms with Crippen molar-refractivity contribution in [3.05, 3.63) is 0 Å². The molecule has 0 saturated carbocycles. The molecule has 0 spiro atoms. The van der Waals surface area contributed by atoms with Crippen molar-refractivity contribution in [2.45, 2.75) is 57.8 Å². The highest BCUT2D eigenvalue weighted by Gasteiger charge is 1.97. The number of rotatable bonds is 16. The van der Waals surface area contributed by atoms with Crippen molar-refractivity contribution in [1.29, 1.82) is 0 Å². The standard InChI is InChI=1S/C15H32N2O3S/c16-17-15(18)14-20-12-11-19-10-8-6-4-2-1-3-5-7-9-13-21/h21H,1-14,16H2,(H,17,18). The van der Waals surface area contributed by atoms with Gasteiger partial charge in [-0.05, 0) is 18.6 Å². The Morgan fingerprint density at radius 2 is 1.33 bits per heavy atom. The van der Waals surface area contributed by atoms with E-state index in [4.69, 9.17) is 15.3 Å². The zero-order chi connectivity index (χ0) is 15.6. The van der Waals surface area contributed by atoms with Crippen molar-refractivity contribution in [1.82, 2.24) is 5.43 Å². The number of thiol groups is 1. The lowest BCUT2D eigenvalue weighted by atomic mass is 10.1. The molecule has 6 heteroatoms. The van der Waals surface area contributed by atoms with Gasteiger partial charge in [0.15, 0.2) is 0 Å². The lowest BCUT2D eigenvalue weighted by Gasteiger charge is -2.05. The van der Waals surface area contributed by atoms with Crippen LogP contribution in [0, 0.1) is 0 Å². The monoisotopic (exact) mass is 320 g/mol. The molecule has 0 aliphatic rings. The molecule has 0 rings (SSSR count). The Bertz CT molecular complexity index is 231. The van der Waals surface area contributed by atoms with Crippen LogP contribution in [0.2, 0.25) is 0 Å². The SMILES string of the molecule is NNC(=O)COCCOCCCCCCCCCCCS. The first kappa shape index (κ1) is 20.7. The molecule has 0 bridgehead atoms. The molecule has 0 fully saturated rings. The number of carbonyl (C=O) groups is 1. The Balaban J connectivity index is 2.98. The van der Waals surface area contributed by atoms with Crippen LogP contribution in [0.3, 0.4) is 0 Å². The van der Waals surface area contributed by atoms with Crippen LogP contribution in [0.25, 0.3) is 0 Å². The lowest BCUT2D eigenvalue weighted by molar-refractivity contribution is -0.126. The van der Waals surface area contributed by atoms with Crippen molar-refractivity contribution in [2.75, 3.05) is 32.2 Å². The number of unbranched alkanes of at least 4 members (excludes halogenated alkanes) is 8. The summed E-state index contributed by atoms with van der Waals surface area (Å²) in [5.74, 6) is 5.62. The summed E-state index contributed by atoms with van der Waals surface area (Å²) in [7, 11) is 0. The normalized spacial score (nSPS) is 10.8. The Hall–Kier alpha value is -0.300. The van der Waals surface area contributed by atoms with Gasteiger partial charge in [-0.15, -0.1) is 0 Å². The maximum atomic E-state index is 10.7. The van der Waals surface area contributed by atoms with Crippen molar-refractivity contribution >= 4 is 18.5 Å². The molecule has 0 aromatic heterocycles. The van der Waals surface area contributed by atoms with Gasteiger partial charge in [0.2, 0.25) is 0 Å². The van der Waals surface area contributed by atoms with E-state index >= 15 is 0 Å². The van der Waals surface area contributed by atoms with E-state index in [2.05, 4.69) is 12.6 Å². The molecule has 0 aromatic carbocycles. The number of ether oxygens (including phenoxy) is 2. The molecule has 0 saturated heterocycles. The zero-order valence-corrected chi connectivity index (χ0v) is 14.0. The molecule has 3 N–H and O–H groups in total. The molecule has 0 unspecified atom stereocenters. The van der Waals surface area contributed by atoms with E-state index in [0.29, 0.717) is 13.2 Å². The number of carbonyl (C=O) groups excluding carboxylic acids is 1. The van der Waals surface area contributed by atoms with Gasteiger partial charge in [-0.2, -0.15) is 12.6 Å². The molecule has 5 nitrogen and oxygen atoms in total. The third kappa shape index (κ3) is 17.6. The van der Waals surface area contributed by atoms with Crippen LogP contribution in [-0.4, -0.2) is 38.1 Å². The predicted molar refractivity (Wildman–Crippen MR) is 89.4 cm³/mol. The van der Waals surface area contributed by atoms with Crippen LogP contribution in [0.15, 0.2) is 0 Å². The second kappa shape index (κ2) is 17.8. The highest BCUT2D eigenvalue weighted by atomic mass is 32.1. The third-order valence-electron chi connectivity index (χ3n) is 3.21. The van der Waals surface area contributed by atoms with Crippen LogP contribution in [0.1, 0.15) is 57.8 Å². The average molecular weight is 320 g/mol. The highest BCUT2D eigenvalue weighted by Crippen LogP contribution is 2.09. The van der Waals surface area contributed by atoms with Crippen LogP contribution in [0.5, 0.6) is 0 Å². The average Bonchev–Trinajstić information content (AvgIpc) is 2.50. The summed E-state index contributed by atoms with van der Waals surface area (Å²) in [6, 6.07) is 0. The van der Waals surface area contributed by atoms with Crippen molar-refractivity contribution in [3.8, 4) is 0 Å². The van der Waals surface area contributed by atoms with E-state index < -0.39 is 0 Å². The molecule has 0 radical (unpaired) electrons. The van der Waals surface area contributed by atoms with Gasteiger partial charge in [-0.1, -0.05) is 44.9 Å². The molecular formula is C15H32N2O3S. The summed E-state index contributed by atoms with van der Waals surface area (Å²) >= 11 is 4.21. The summed E-state index contributed by atoms with van der Waals surface area (Å²) in [6.45, 7) is 1.73. The topological polar surface area (TPSA) is 73.6 Å². The van der Waals surface area contributed by atoms with E-state index in [1.54, 1.807) is 0 Å². The fourth-order valence-electron chi connectivity index (χ4n) is 1.98. The van der Waals surface area contributed by atoms with Gasteiger partial charge in [0.25, 0.3) is 5.91 Å². The predicted octanol–water partition coefficient (Wildman–Crippen LogP) is 2.45. The summed E-state index contributed by atoms with van der Waals surface area (Å²) in [5.41, 5.74) is 2.01. The Morgan fingerprint density at radius 1 is 0.810 bits per heavy atom. The van der Waals surface area contributed by atoms with E-state index in [1.807, 2.05) is 5.43 Å². The van der Waals surface area contributed by atoms with Gasteiger partial charge >= 0.3 is 0 Å². The Morgan fingerprint density at radius 3 is 1.90 bits per heavy atom. The molecule has 0 aromatic rings. The largest absolute Gasteiger partial charge is 0.379 e. The van der Waals surface area contributed by atoms with Gasteiger partial charge in [0.1, 0.15) is 6.61 Å². The van der Waals surface area contributed by atoms with Crippen molar-refractivity contribution in [2.24, 2.45) is 5.84 Å². The zero-order valence-electron chi connectivity index (χ0n) is 13.1. The Kier molecular flexibility index (Phi) is 17.5. The molecule has 21 heavy (non-hydrogen) atoms. The van der Waals surface area contributed by atoms with E-state index in [-0.39, 0.29) is 12.5 Å². The molecule has 1 amide bonds. The Labute approximate surface area is 134 Å². The summed E-state index contributed by atoms with van der Waals surface area (Å²) in [6.07, 6.45) is 11.6. The van der Waals surface area contributed by atoms with Gasteiger partial charge in [0.05, 0.1) is 13.2 Å². The molecule has 0 atom stereocenters. The first-order valence-electron chi connectivity index (χ1n) is 8.07. The van der Waals surface area contributed by atoms with E-state index in [1.165, 1.54) is 51.4 Å². The van der Waals surface area contributed by atoms with Crippen LogP contribution in [0.4, 0.5) is 0 Å². The third-order valence-corrected chi connectivity index (χ3v) is 3.53. The molecule has 0 aliphatic heterocycles. The highest BCUT2D eigenvalue weighted by molar-refractivity contribution is 7.80.